The maximum Gasteiger partial charge on any atom is 0.237 e. The first-order valence-electron chi connectivity index (χ1n) is 7.78. The molecule has 5 heteroatoms. The maximum atomic E-state index is 12.1. The van der Waals surface area contributed by atoms with E-state index >= 15 is 0 Å². The Hall–Kier alpha value is -1.85. The smallest absolute Gasteiger partial charge is 0.237 e. The van der Waals surface area contributed by atoms with Crippen LogP contribution in [-0.2, 0) is 11.2 Å². The molecule has 5 N–H and O–H groups in total. The highest BCUT2D eigenvalue weighted by molar-refractivity contribution is 5.84. The first kappa shape index (κ1) is 16.5. The molecule has 5 nitrogen and oxygen atoms in total. The Kier molecular flexibility index (Phi) is 5.57. The van der Waals surface area contributed by atoms with Crippen molar-refractivity contribution >= 4 is 16.8 Å². The normalized spacial score (nSPS) is 15.5. The van der Waals surface area contributed by atoms with Gasteiger partial charge in [0.25, 0.3) is 0 Å². The number of H-pyrrole nitrogens is 1. The van der Waals surface area contributed by atoms with E-state index in [1.807, 2.05) is 44.3 Å². The fraction of sp³-hybridized carbons (Fsp3) is 0.471. The minimum absolute atomic E-state index is 0.113. The van der Waals surface area contributed by atoms with Crippen molar-refractivity contribution in [3.63, 3.8) is 0 Å². The third kappa shape index (κ3) is 3.67. The fourth-order valence-corrected chi connectivity index (χ4v) is 2.54. The molecule has 0 bridgehead atoms. The number of fused-ring (bicyclic) bond motifs is 1. The third-order valence-electron chi connectivity index (χ3n) is 4.27. The zero-order chi connectivity index (χ0) is 16.1. The van der Waals surface area contributed by atoms with Crippen molar-refractivity contribution in [1.29, 1.82) is 0 Å². The van der Waals surface area contributed by atoms with Crippen LogP contribution in [0.5, 0.6) is 0 Å². The van der Waals surface area contributed by atoms with Crippen LogP contribution in [0.25, 0.3) is 10.9 Å². The number of aliphatic hydroxyl groups is 1. The van der Waals surface area contributed by atoms with Gasteiger partial charge in [0.05, 0.1) is 18.7 Å². The molecule has 1 aromatic heterocycles. The first-order chi connectivity index (χ1) is 10.6. The van der Waals surface area contributed by atoms with Gasteiger partial charge in [-0.1, -0.05) is 38.5 Å². The molecule has 0 aliphatic rings. The second-order valence-electron chi connectivity index (χ2n) is 5.86. The van der Waals surface area contributed by atoms with E-state index < -0.39 is 6.04 Å². The molecule has 0 radical (unpaired) electrons. The molecule has 0 saturated heterocycles. The van der Waals surface area contributed by atoms with Crippen LogP contribution < -0.4 is 11.1 Å². The molecular formula is C17H25N3O2. The largest absolute Gasteiger partial charge is 0.394 e. The van der Waals surface area contributed by atoms with Gasteiger partial charge in [-0.3, -0.25) is 4.79 Å². The van der Waals surface area contributed by atoms with Crippen molar-refractivity contribution in [2.45, 2.75) is 38.8 Å². The minimum atomic E-state index is -0.540. The van der Waals surface area contributed by atoms with Gasteiger partial charge in [-0.2, -0.15) is 0 Å². The van der Waals surface area contributed by atoms with Crippen LogP contribution in [0.15, 0.2) is 30.5 Å². The number of rotatable bonds is 7. The summed E-state index contributed by atoms with van der Waals surface area (Å²) in [6.07, 6.45) is 3.34. The SMILES string of the molecule is CCC(C)[C@H](N)C(=O)N[C@H](CO)Cc1c[nH]c2ccccc12. The van der Waals surface area contributed by atoms with Gasteiger partial charge in [0.15, 0.2) is 0 Å². The Bertz CT molecular complexity index is 623. The Morgan fingerprint density at radius 3 is 2.82 bits per heavy atom. The molecule has 1 amide bonds. The number of carbonyl (C=O) groups is 1. The number of hydrogen-bond donors (Lipinski definition) is 4. The third-order valence-corrected chi connectivity index (χ3v) is 4.27. The number of benzene rings is 1. The first-order valence-corrected chi connectivity index (χ1v) is 7.78. The summed E-state index contributed by atoms with van der Waals surface area (Å²) in [7, 11) is 0. The zero-order valence-electron chi connectivity index (χ0n) is 13.2. The van der Waals surface area contributed by atoms with Crippen LogP contribution in [0.1, 0.15) is 25.8 Å². The van der Waals surface area contributed by atoms with Gasteiger partial charge in [0.2, 0.25) is 5.91 Å². The molecule has 120 valence electrons. The van der Waals surface area contributed by atoms with Crippen molar-refractivity contribution in [2.75, 3.05) is 6.61 Å². The van der Waals surface area contributed by atoms with Crippen LogP contribution in [0, 0.1) is 5.92 Å². The van der Waals surface area contributed by atoms with Crippen molar-refractivity contribution in [3.8, 4) is 0 Å². The minimum Gasteiger partial charge on any atom is -0.394 e. The van der Waals surface area contributed by atoms with Gasteiger partial charge in [-0.15, -0.1) is 0 Å². The Morgan fingerprint density at radius 2 is 2.14 bits per heavy atom. The predicted molar refractivity (Wildman–Crippen MR) is 88.4 cm³/mol. The van der Waals surface area contributed by atoms with Gasteiger partial charge in [0.1, 0.15) is 0 Å². The highest BCUT2D eigenvalue weighted by Gasteiger charge is 2.22. The second kappa shape index (κ2) is 7.42. The van der Waals surface area contributed by atoms with E-state index in [9.17, 15) is 9.90 Å². The highest BCUT2D eigenvalue weighted by Crippen LogP contribution is 2.19. The summed E-state index contributed by atoms with van der Waals surface area (Å²) in [6, 6.07) is 7.11. The standard InChI is InChI=1S/C17H25N3O2/c1-3-11(2)16(18)17(22)20-13(10-21)8-12-9-19-15-7-5-4-6-14(12)15/h4-7,9,11,13,16,19,21H,3,8,10,18H2,1-2H3,(H,20,22)/t11?,13-,16-/m0/s1. The van der Waals surface area contributed by atoms with Gasteiger partial charge in [-0.25, -0.2) is 0 Å². The molecule has 2 rings (SSSR count). The Morgan fingerprint density at radius 1 is 1.41 bits per heavy atom. The molecule has 1 unspecified atom stereocenters. The summed E-state index contributed by atoms with van der Waals surface area (Å²) in [6.45, 7) is 3.85. The Labute approximate surface area is 130 Å². The molecular weight excluding hydrogens is 278 g/mol. The molecule has 1 heterocycles. The average molecular weight is 303 g/mol. The molecule has 0 spiro atoms. The second-order valence-corrected chi connectivity index (χ2v) is 5.86. The number of aromatic nitrogens is 1. The molecule has 2 aromatic rings. The lowest BCUT2D eigenvalue weighted by atomic mass is 9.98. The summed E-state index contributed by atoms with van der Waals surface area (Å²) in [4.78, 5) is 15.4. The summed E-state index contributed by atoms with van der Waals surface area (Å²) in [5, 5.41) is 13.5. The molecule has 1 aromatic carbocycles. The molecule has 22 heavy (non-hydrogen) atoms. The number of para-hydroxylation sites is 1. The van der Waals surface area contributed by atoms with E-state index in [1.54, 1.807) is 0 Å². The summed E-state index contributed by atoms with van der Waals surface area (Å²) >= 11 is 0. The summed E-state index contributed by atoms with van der Waals surface area (Å²) in [5.74, 6) is -0.0827. The summed E-state index contributed by atoms with van der Waals surface area (Å²) in [5.41, 5.74) is 8.07. The summed E-state index contributed by atoms with van der Waals surface area (Å²) < 4.78 is 0. The maximum absolute atomic E-state index is 12.1. The van der Waals surface area contributed by atoms with E-state index in [0.29, 0.717) is 6.42 Å². The van der Waals surface area contributed by atoms with Crippen molar-refractivity contribution in [3.05, 3.63) is 36.0 Å². The van der Waals surface area contributed by atoms with Gasteiger partial charge >= 0.3 is 0 Å². The molecule has 0 fully saturated rings. The number of aliphatic hydroxyl groups excluding tert-OH is 1. The monoisotopic (exact) mass is 303 g/mol. The van der Waals surface area contributed by atoms with Crippen LogP contribution in [0.2, 0.25) is 0 Å². The van der Waals surface area contributed by atoms with E-state index in [1.165, 1.54) is 0 Å². The molecule has 0 saturated carbocycles. The molecule has 0 aliphatic heterocycles. The highest BCUT2D eigenvalue weighted by atomic mass is 16.3. The van der Waals surface area contributed by atoms with Crippen molar-refractivity contribution < 1.29 is 9.90 Å². The van der Waals surface area contributed by atoms with Crippen LogP contribution >= 0.6 is 0 Å². The van der Waals surface area contributed by atoms with Crippen molar-refractivity contribution in [1.82, 2.24) is 10.3 Å². The number of nitrogens with one attached hydrogen (secondary N) is 2. The van der Waals surface area contributed by atoms with E-state index in [4.69, 9.17) is 5.73 Å². The number of carbonyl (C=O) groups excluding carboxylic acids is 1. The van der Waals surface area contributed by atoms with Crippen molar-refractivity contribution in [2.24, 2.45) is 11.7 Å². The lowest BCUT2D eigenvalue weighted by molar-refractivity contribution is -0.124. The fourth-order valence-electron chi connectivity index (χ4n) is 2.54. The van der Waals surface area contributed by atoms with Gasteiger partial charge in [-0.05, 0) is 24.0 Å². The van der Waals surface area contributed by atoms with E-state index in [0.717, 1.165) is 22.9 Å². The van der Waals surface area contributed by atoms with Crippen LogP contribution in [-0.4, -0.2) is 34.7 Å². The van der Waals surface area contributed by atoms with Gasteiger partial charge < -0.3 is 21.1 Å². The van der Waals surface area contributed by atoms with E-state index in [2.05, 4.69) is 10.3 Å². The number of nitrogens with two attached hydrogens (primary N) is 1. The van der Waals surface area contributed by atoms with Crippen LogP contribution in [0.3, 0.4) is 0 Å². The van der Waals surface area contributed by atoms with Gasteiger partial charge in [0, 0.05) is 17.1 Å². The topological polar surface area (TPSA) is 91.1 Å². The number of hydrogen-bond acceptors (Lipinski definition) is 3. The number of amides is 1. The zero-order valence-corrected chi connectivity index (χ0v) is 13.2. The lowest BCUT2D eigenvalue weighted by Gasteiger charge is -2.22. The molecule has 0 aliphatic carbocycles. The predicted octanol–water partition coefficient (Wildman–Crippen LogP) is 1.56. The van der Waals surface area contributed by atoms with E-state index in [-0.39, 0.29) is 24.5 Å². The van der Waals surface area contributed by atoms with Crippen LogP contribution in [0.4, 0.5) is 0 Å². The lowest BCUT2D eigenvalue weighted by Crippen LogP contribution is -2.50. The average Bonchev–Trinajstić information content (AvgIpc) is 2.95. The number of aromatic amines is 1. The Balaban J connectivity index is 2.05. The quantitative estimate of drug-likeness (QED) is 0.625. The molecule has 3 atom stereocenters.